The van der Waals surface area contributed by atoms with Crippen LogP contribution in [0.4, 0.5) is 13.2 Å². The molecule has 1 saturated carbocycles. The SMILES string of the molecule is CN(CC(C)(C)O)C(=O)[C@H]1C[C@H](c2c(-c3ccc(F)cc3)[nH]c3c(F)cc(F)cc32)C1. The van der Waals surface area contributed by atoms with Crippen molar-refractivity contribution in [3.8, 4) is 11.3 Å². The largest absolute Gasteiger partial charge is 0.389 e. The summed E-state index contributed by atoms with van der Waals surface area (Å²) in [5, 5.41) is 10.4. The Kier molecular flexibility index (Phi) is 5.33. The average Bonchev–Trinajstić information content (AvgIpc) is 2.99. The van der Waals surface area contributed by atoms with Crippen molar-refractivity contribution in [2.24, 2.45) is 5.92 Å². The maximum atomic E-state index is 14.5. The van der Waals surface area contributed by atoms with E-state index in [9.17, 15) is 23.1 Å². The fraction of sp³-hybridized carbons (Fsp3) is 0.375. The number of H-pyrrole nitrogens is 1. The summed E-state index contributed by atoms with van der Waals surface area (Å²) in [6.45, 7) is 3.51. The molecule has 0 bridgehead atoms. The molecule has 2 N–H and O–H groups in total. The lowest BCUT2D eigenvalue weighted by atomic mass is 9.69. The van der Waals surface area contributed by atoms with Gasteiger partial charge >= 0.3 is 0 Å². The minimum Gasteiger partial charge on any atom is -0.389 e. The van der Waals surface area contributed by atoms with Crippen LogP contribution in [0.5, 0.6) is 0 Å². The van der Waals surface area contributed by atoms with Crippen LogP contribution in [0.3, 0.4) is 0 Å². The Hall–Kier alpha value is -2.80. The third-order valence-corrected chi connectivity index (χ3v) is 5.89. The summed E-state index contributed by atoms with van der Waals surface area (Å²) in [6.07, 6.45) is 1.07. The number of aromatic amines is 1. The predicted molar refractivity (Wildman–Crippen MR) is 113 cm³/mol. The average molecular weight is 430 g/mol. The molecule has 1 aromatic heterocycles. The lowest BCUT2D eigenvalue weighted by Gasteiger charge is -2.38. The molecule has 164 valence electrons. The molecule has 1 aliphatic rings. The zero-order chi connectivity index (χ0) is 22.5. The van der Waals surface area contributed by atoms with Gasteiger partial charge in [0.2, 0.25) is 5.91 Å². The van der Waals surface area contributed by atoms with Crippen molar-refractivity contribution in [1.29, 1.82) is 0 Å². The van der Waals surface area contributed by atoms with E-state index in [4.69, 9.17) is 0 Å². The molecule has 1 fully saturated rings. The van der Waals surface area contributed by atoms with Gasteiger partial charge in [-0.1, -0.05) is 0 Å². The van der Waals surface area contributed by atoms with Crippen molar-refractivity contribution in [2.75, 3.05) is 13.6 Å². The molecule has 7 heteroatoms. The Balaban J connectivity index is 1.67. The standard InChI is InChI=1S/C24H25F3N2O2/c1-24(2,31)12-29(3)23(30)15-8-14(9-15)20-18-10-17(26)11-19(27)22(18)28-21(20)13-4-6-16(25)7-5-13/h4-7,10-11,14-15,28,31H,8-9,12H2,1-3H3/t14-,15-. The fourth-order valence-electron chi connectivity index (χ4n) is 4.53. The first kappa shape index (κ1) is 21.4. The summed E-state index contributed by atoms with van der Waals surface area (Å²) < 4.78 is 41.9. The van der Waals surface area contributed by atoms with Gasteiger partial charge < -0.3 is 15.0 Å². The highest BCUT2D eigenvalue weighted by Gasteiger charge is 2.40. The van der Waals surface area contributed by atoms with Gasteiger partial charge in [-0.15, -0.1) is 0 Å². The Morgan fingerprint density at radius 2 is 1.77 bits per heavy atom. The van der Waals surface area contributed by atoms with E-state index in [1.54, 1.807) is 33.0 Å². The summed E-state index contributed by atoms with van der Waals surface area (Å²) in [6, 6.07) is 7.95. The Morgan fingerprint density at radius 3 is 2.39 bits per heavy atom. The molecular weight excluding hydrogens is 405 g/mol. The molecule has 0 radical (unpaired) electrons. The molecule has 4 rings (SSSR count). The van der Waals surface area contributed by atoms with E-state index < -0.39 is 17.2 Å². The van der Waals surface area contributed by atoms with Gasteiger partial charge in [-0.2, -0.15) is 0 Å². The number of fused-ring (bicyclic) bond motifs is 1. The van der Waals surface area contributed by atoms with E-state index in [0.717, 1.165) is 11.6 Å². The van der Waals surface area contributed by atoms with Gasteiger partial charge in [-0.3, -0.25) is 4.79 Å². The highest BCUT2D eigenvalue weighted by Crippen LogP contribution is 2.48. The van der Waals surface area contributed by atoms with Crippen LogP contribution in [-0.2, 0) is 4.79 Å². The number of benzene rings is 2. The quantitative estimate of drug-likeness (QED) is 0.600. The highest BCUT2D eigenvalue weighted by molar-refractivity contribution is 5.92. The van der Waals surface area contributed by atoms with E-state index in [1.807, 2.05) is 0 Å². The molecule has 1 aliphatic carbocycles. The number of nitrogens with one attached hydrogen (secondary N) is 1. The molecular formula is C24H25F3N2O2. The molecule has 0 spiro atoms. The third-order valence-electron chi connectivity index (χ3n) is 5.89. The lowest BCUT2D eigenvalue weighted by Crippen LogP contribution is -2.45. The number of amides is 1. The smallest absolute Gasteiger partial charge is 0.225 e. The number of carbonyl (C=O) groups excluding carboxylic acids is 1. The van der Waals surface area contributed by atoms with E-state index in [-0.39, 0.29) is 35.6 Å². The van der Waals surface area contributed by atoms with Crippen molar-refractivity contribution in [1.82, 2.24) is 9.88 Å². The number of aromatic nitrogens is 1. The summed E-state index contributed by atoms with van der Waals surface area (Å²) in [7, 11) is 1.66. The van der Waals surface area contributed by atoms with Crippen LogP contribution < -0.4 is 0 Å². The molecule has 0 unspecified atom stereocenters. The normalized spacial score (nSPS) is 18.8. The van der Waals surface area contributed by atoms with Gasteiger partial charge in [0.25, 0.3) is 0 Å². The number of halogens is 3. The molecule has 0 atom stereocenters. The Labute approximate surface area is 178 Å². The number of rotatable bonds is 5. The molecule has 3 aromatic rings. The van der Waals surface area contributed by atoms with Crippen LogP contribution >= 0.6 is 0 Å². The third kappa shape index (κ3) is 4.19. The van der Waals surface area contributed by atoms with E-state index >= 15 is 0 Å². The van der Waals surface area contributed by atoms with Gasteiger partial charge in [0.15, 0.2) is 0 Å². The Morgan fingerprint density at radius 1 is 1.13 bits per heavy atom. The second-order valence-electron chi connectivity index (χ2n) is 9.10. The molecule has 2 aromatic carbocycles. The van der Waals surface area contributed by atoms with Gasteiger partial charge in [-0.05, 0) is 74.1 Å². The number of carbonyl (C=O) groups is 1. The fourth-order valence-corrected chi connectivity index (χ4v) is 4.53. The molecule has 0 aliphatic heterocycles. The second-order valence-corrected chi connectivity index (χ2v) is 9.10. The topological polar surface area (TPSA) is 56.3 Å². The Bertz CT molecular complexity index is 1130. The van der Waals surface area contributed by atoms with Gasteiger partial charge in [0.1, 0.15) is 17.5 Å². The highest BCUT2D eigenvalue weighted by atomic mass is 19.1. The van der Waals surface area contributed by atoms with Gasteiger partial charge in [0, 0.05) is 31.0 Å². The van der Waals surface area contributed by atoms with Crippen molar-refractivity contribution < 1.29 is 23.1 Å². The van der Waals surface area contributed by atoms with E-state index in [0.29, 0.717) is 29.5 Å². The van der Waals surface area contributed by atoms with Crippen LogP contribution in [0.15, 0.2) is 36.4 Å². The minimum atomic E-state index is -0.991. The number of hydrogen-bond donors (Lipinski definition) is 2. The number of aliphatic hydroxyl groups is 1. The molecule has 1 heterocycles. The summed E-state index contributed by atoms with van der Waals surface area (Å²) in [5.41, 5.74) is 1.23. The van der Waals surface area contributed by atoms with Crippen molar-refractivity contribution >= 4 is 16.8 Å². The molecule has 0 saturated heterocycles. The van der Waals surface area contributed by atoms with Gasteiger partial charge in [0.05, 0.1) is 16.8 Å². The van der Waals surface area contributed by atoms with Crippen LogP contribution in [-0.4, -0.2) is 40.1 Å². The number of hydrogen-bond acceptors (Lipinski definition) is 2. The van der Waals surface area contributed by atoms with Crippen LogP contribution in [0, 0.1) is 23.4 Å². The summed E-state index contributed by atoms with van der Waals surface area (Å²) in [4.78, 5) is 17.3. The maximum Gasteiger partial charge on any atom is 0.225 e. The van der Waals surface area contributed by atoms with Crippen molar-refractivity contribution in [3.05, 3.63) is 59.4 Å². The first-order valence-corrected chi connectivity index (χ1v) is 10.3. The maximum absolute atomic E-state index is 14.5. The molecule has 31 heavy (non-hydrogen) atoms. The van der Waals surface area contributed by atoms with Crippen LogP contribution in [0.2, 0.25) is 0 Å². The lowest BCUT2D eigenvalue weighted by molar-refractivity contribution is -0.140. The molecule has 1 amide bonds. The van der Waals surface area contributed by atoms with E-state index in [2.05, 4.69) is 4.98 Å². The summed E-state index contributed by atoms with van der Waals surface area (Å²) >= 11 is 0. The van der Waals surface area contributed by atoms with Crippen LogP contribution in [0.25, 0.3) is 22.2 Å². The first-order chi connectivity index (χ1) is 14.5. The monoisotopic (exact) mass is 430 g/mol. The number of nitrogens with zero attached hydrogens (tertiary/aromatic N) is 1. The zero-order valence-electron chi connectivity index (χ0n) is 17.7. The minimum absolute atomic E-state index is 0.0566. The van der Waals surface area contributed by atoms with Gasteiger partial charge in [-0.25, -0.2) is 13.2 Å². The molecule has 4 nitrogen and oxygen atoms in total. The summed E-state index contributed by atoms with van der Waals surface area (Å²) in [5.74, 6) is -2.10. The second kappa shape index (κ2) is 7.71. The van der Waals surface area contributed by atoms with Crippen LogP contribution in [0.1, 0.15) is 38.2 Å². The predicted octanol–water partition coefficient (Wildman–Crippen LogP) is 4.98. The van der Waals surface area contributed by atoms with Crippen molar-refractivity contribution in [2.45, 2.75) is 38.2 Å². The van der Waals surface area contributed by atoms with Crippen molar-refractivity contribution in [3.63, 3.8) is 0 Å². The first-order valence-electron chi connectivity index (χ1n) is 10.3. The zero-order valence-corrected chi connectivity index (χ0v) is 17.7. The number of likely N-dealkylation sites (N-methyl/N-ethyl adjacent to an activating group) is 1. The van der Waals surface area contributed by atoms with E-state index in [1.165, 1.54) is 23.1 Å².